The maximum Gasteiger partial charge on any atom is 0.225 e. The number of hydrogen-bond acceptors (Lipinski definition) is 3. The van der Waals surface area contributed by atoms with Crippen LogP contribution in [-0.2, 0) is 22.6 Å². The minimum Gasteiger partial charge on any atom is -0.361 e. The number of piperidine rings is 1. The third-order valence-corrected chi connectivity index (χ3v) is 6.32. The summed E-state index contributed by atoms with van der Waals surface area (Å²) >= 11 is 1.64. The van der Waals surface area contributed by atoms with Crippen LogP contribution in [0.4, 0.5) is 0 Å². The molecule has 3 aromatic rings. The van der Waals surface area contributed by atoms with Crippen LogP contribution in [0.1, 0.15) is 29.7 Å². The fourth-order valence-corrected chi connectivity index (χ4v) is 4.53. The lowest BCUT2D eigenvalue weighted by atomic mass is 9.96. The van der Waals surface area contributed by atoms with Crippen LogP contribution in [0.5, 0.6) is 0 Å². The van der Waals surface area contributed by atoms with E-state index in [9.17, 15) is 9.59 Å². The van der Waals surface area contributed by atoms with Gasteiger partial charge in [0.25, 0.3) is 0 Å². The van der Waals surface area contributed by atoms with Gasteiger partial charge in [-0.3, -0.25) is 9.59 Å². The number of hydrogen-bond donors (Lipinski definition) is 2. The molecule has 5 nitrogen and oxygen atoms in total. The van der Waals surface area contributed by atoms with Crippen LogP contribution >= 0.6 is 11.3 Å². The van der Waals surface area contributed by atoms with Crippen molar-refractivity contribution in [1.29, 1.82) is 0 Å². The molecule has 0 radical (unpaired) electrons. The Hall–Kier alpha value is -2.60. The van der Waals surface area contributed by atoms with E-state index in [0.717, 1.165) is 29.8 Å². The van der Waals surface area contributed by atoms with Crippen LogP contribution in [0, 0.1) is 5.92 Å². The van der Waals surface area contributed by atoms with Gasteiger partial charge in [0, 0.05) is 41.5 Å². The molecule has 0 bridgehead atoms. The lowest BCUT2D eigenvalue weighted by Gasteiger charge is -2.32. The van der Waals surface area contributed by atoms with Crippen molar-refractivity contribution < 1.29 is 9.59 Å². The minimum absolute atomic E-state index is 0.0579. The van der Waals surface area contributed by atoms with E-state index in [-0.39, 0.29) is 17.7 Å². The smallest absolute Gasteiger partial charge is 0.225 e. The number of carbonyl (C=O) groups is 2. The fraction of sp³-hybridized carbons (Fsp3) is 0.364. The second-order valence-electron chi connectivity index (χ2n) is 7.34. The number of fused-ring (bicyclic) bond motifs is 1. The van der Waals surface area contributed by atoms with E-state index in [1.165, 1.54) is 10.9 Å². The predicted molar refractivity (Wildman–Crippen MR) is 112 cm³/mol. The SMILES string of the molecule is O=C(NCc1cccs1)[C@H]1CCCN(C(=O)CCc2c[nH]c3ccccc23)C1. The molecule has 4 rings (SSSR count). The summed E-state index contributed by atoms with van der Waals surface area (Å²) in [6, 6.07) is 12.2. The van der Waals surface area contributed by atoms with Crippen molar-refractivity contribution in [2.75, 3.05) is 13.1 Å². The largest absolute Gasteiger partial charge is 0.361 e. The molecule has 2 aromatic heterocycles. The average molecular weight is 396 g/mol. The van der Waals surface area contributed by atoms with Crippen molar-refractivity contribution >= 4 is 34.1 Å². The molecule has 0 aliphatic carbocycles. The van der Waals surface area contributed by atoms with Gasteiger partial charge >= 0.3 is 0 Å². The second kappa shape index (κ2) is 8.61. The van der Waals surface area contributed by atoms with Crippen molar-refractivity contribution in [2.24, 2.45) is 5.92 Å². The highest BCUT2D eigenvalue weighted by molar-refractivity contribution is 7.09. The number of para-hydroxylation sites is 1. The van der Waals surface area contributed by atoms with Gasteiger partial charge in [-0.15, -0.1) is 11.3 Å². The van der Waals surface area contributed by atoms with Crippen molar-refractivity contribution in [3.8, 4) is 0 Å². The molecule has 6 heteroatoms. The van der Waals surface area contributed by atoms with Crippen LogP contribution in [0.15, 0.2) is 48.0 Å². The summed E-state index contributed by atoms with van der Waals surface area (Å²) in [5.41, 5.74) is 2.27. The number of aromatic amines is 1. The monoisotopic (exact) mass is 395 g/mol. The molecule has 0 spiro atoms. The second-order valence-corrected chi connectivity index (χ2v) is 8.37. The van der Waals surface area contributed by atoms with E-state index in [1.807, 2.05) is 46.8 Å². The van der Waals surface area contributed by atoms with E-state index in [2.05, 4.69) is 16.4 Å². The summed E-state index contributed by atoms with van der Waals surface area (Å²) in [6.45, 7) is 1.85. The summed E-state index contributed by atoms with van der Waals surface area (Å²) in [4.78, 5) is 31.5. The summed E-state index contributed by atoms with van der Waals surface area (Å²) in [5, 5.41) is 6.21. The maximum atomic E-state index is 12.7. The number of aryl methyl sites for hydroxylation is 1. The first-order chi connectivity index (χ1) is 13.7. The Balaban J connectivity index is 1.29. The molecule has 1 aliphatic rings. The first kappa shape index (κ1) is 18.7. The minimum atomic E-state index is -0.106. The summed E-state index contributed by atoms with van der Waals surface area (Å²) in [5.74, 6) is 0.0920. The molecule has 0 unspecified atom stereocenters. The molecule has 2 N–H and O–H groups in total. The van der Waals surface area contributed by atoms with Gasteiger partial charge in [0.2, 0.25) is 11.8 Å². The number of nitrogens with zero attached hydrogens (tertiary/aromatic N) is 1. The van der Waals surface area contributed by atoms with Crippen molar-refractivity contribution in [1.82, 2.24) is 15.2 Å². The first-order valence-electron chi connectivity index (χ1n) is 9.83. The Morgan fingerprint density at radius 2 is 2.11 bits per heavy atom. The molecule has 1 aromatic carbocycles. The molecule has 2 amide bonds. The molecule has 0 saturated carbocycles. The van der Waals surface area contributed by atoms with Gasteiger partial charge < -0.3 is 15.2 Å². The van der Waals surface area contributed by atoms with E-state index in [1.54, 1.807) is 11.3 Å². The highest BCUT2D eigenvalue weighted by Gasteiger charge is 2.28. The van der Waals surface area contributed by atoms with Crippen molar-refractivity contribution in [3.05, 3.63) is 58.4 Å². The zero-order chi connectivity index (χ0) is 19.3. The van der Waals surface area contributed by atoms with Crippen molar-refractivity contribution in [3.63, 3.8) is 0 Å². The number of carbonyl (C=O) groups excluding carboxylic acids is 2. The first-order valence-corrected chi connectivity index (χ1v) is 10.7. The Morgan fingerprint density at radius 3 is 2.96 bits per heavy atom. The number of rotatable bonds is 6. The Kier molecular flexibility index (Phi) is 5.76. The lowest BCUT2D eigenvalue weighted by molar-refractivity contribution is -0.135. The van der Waals surface area contributed by atoms with E-state index >= 15 is 0 Å². The number of benzene rings is 1. The molecular weight excluding hydrogens is 370 g/mol. The predicted octanol–water partition coefficient (Wildman–Crippen LogP) is 3.72. The van der Waals surface area contributed by atoms with E-state index in [0.29, 0.717) is 25.9 Å². The Morgan fingerprint density at radius 1 is 1.21 bits per heavy atom. The Bertz CT molecular complexity index is 948. The zero-order valence-electron chi connectivity index (χ0n) is 15.8. The summed E-state index contributed by atoms with van der Waals surface area (Å²) in [7, 11) is 0. The van der Waals surface area contributed by atoms with Gasteiger partial charge in [0.1, 0.15) is 0 Å². The number of nitrogens with one attached hydrogen (secondary N) is 2. The van der Waals surface area contributed by atoms with Gasteiger partial charge in [-0.05, 0) is 42.3 Å². The summed E-state index contributed by atoms with van der Waals surface area (Å²) in [6.07, 6.45) is 4.92. The standard InChI is InChI=1S/C22H25N3O2S/c26-21(10-9-16-13-23-20-8-2-1-7-19(16)20)25-11-3-5-17(15-25)22(27)24-14-18-6-4-12-28-18/h1-2,4,6-8,12-13,17,23H,3,5,9-11,14-15H2,(H,24,27)/t17-/m0/s1. The number of H-pyrrole nitrogens is 1. The van der Waals surface area contributed by atoms with Gasteiger partial charge in [-0.1, -0.05) is 24.3 Å². The molecule has 1 aliphatic heterocycles. The quantitative estimate of drug-likeness (QED) is 0.668. The number of likely N-dealkylation sites (tertiary alicyclic amines) is 1. The van der Waals surface area contributed by atoms with E-state index < -0.39 is 0 Å². The number of thiophene rings is 1. The highest BCUT2D eigenvalue weighted by atomic mass is 32.1. The van der Waals surface area contributed by atoms with Crippen molar-refractivity contribution in [2.45, 2.75) is 32.2 Å². The zero-order valence-corrected chi connectivity index (χ0v) is 16.6. The Labute approximate surface area is 168 Å². The average Bonchev–Trinajstić information content (AvgIpc) is 3.40. The molecule has 146 valence electrons. The highest BCUT2D eigenvalue weighted by Crippen LogP contribution is 2.21. The fourth-order valence-electron chi connectivity index (χ4n) is 3.89. The van der Waals surface area contributed by atoms with Crippen LogP contribution in [0.25, 0.3) is 10.9 Å². The molecule has 1 saturated heterocycles. The molecule has 28 heavy (non-hydrogen) atoms. The van der Waals surface area contributed by atoms with Gasteiger partial charge in [0.05, 0.1) is 12.5 Å². The van der Waals surface area contributed by atoms with Gasteiger partial charge in [-0.2, -0.15) is 0 Å². The van der Waals surface area contributed by atoms with Gasteiger partial charge in [-0.25, -0.2) is 0 Å². The normalized spacial score (nSPS) is 17.0. The summed E-state index contributed by atoms with van der Waals surface area (Å²) < 4.78 is 0. The number of amides is 2. The molecule has 1 atom stereocenters. The topological polar surface area (TPSA) is 65.2 Å². The van der Waals surface area contributed by atoms with Crippen LogP contribution < -0.4 is 5.32 Å². The van der Waals surface area contributed by atoms with E-state index in [4.69, 9.17) is 0 Å². The molecular formula is C22H25N3O2S. The van der Waals surface area contributed by atoms with Crippen LogP contribution in [0.2, 0.25) is 0 Å². The maximum absolute atomic E-state index is 12.7. The molecule has 3 heterocycles. The number of aromatic nitrogens is 1. The third kappa shape index (κ3) is 4.28. The molecule has 1 fully saturated rings. The van der Waals surface area contributed by atoms with Crippen LogP contribution in [0.3, 0.4) is 0 Å². The van der Waals surface area contributed by atoms with Crippen LogP contribution in [-0.4, -0.2) is 34.8 Å². The third-order valence-electron chi connectivity index (χ3n) is 5.44. The van der Waals surface area contributed by atoms with Gasteiger partial charge in [0.15, 0.2) is 0 Å². The lowest BCUT2D eigenvalue weighted by Crippen LogP contribution is -2.45.